The van der Waals surface area contributed by atoms with E-state index in [2.05, 4.69) is 9.88 Å². The van der Waals surface area contributed by atoms with Gasteiger partial charge in [0.1, 0.15) is 0 Å². The summed E-state index contributed by atoms with van der Waals surface area (Å²) in [5, 5.41) is 2.94. The van der Waals surface area contributed by atoms with Crippen LogP contribution in [-0.4, -0.2) is 24.6 Å². The van der Waals surface area contributed by atoms with Gasteiger partial charge in [-0.1, -0.05) is 0 Å². The van der Waals surface area contributed by atoms with Crippen LogP contribution in [0.4, 0.5) is 5.69 Å². The Hall–Kier alpha value is -2.23. The molecule has 106 valence electrons. The molecule has 0 atom stereocenters. The second kappa shape index (κ2) is 5.82. The maximum absolute atomic E-state index is 12.1. The molecule has 0 unspecified atom stereocenters. The zero-order valence-electron chi connectivity index (χ0n) is 12.5. The standard InChI is InChI=1S/C16H21N3O/c1-12-5-8-15(19(12)4)11-17-16(20)13-6-9-14(10-7-13)18(2)3/h5-10H,11H2,1-4H3,(H,17,20). The summed E-state index contributed by atoms with van der Waals surface area (Å²) >= 11 is 0. The van der Waals surface area contributed by atoms with Crippen molar-refractivity contribution in [3.63, 3.8) is 0 Å². The first-order valence-corrected chi connectivity index (χ1v) is 6.66. The van der Waals surface area contributed by atoms with Gasteiger partial charge in [-0.25, -0.2) is 0 Å². The molecule has 1 aromatic carbocycles. The van der Waals surface area contributed by atoms with Gasteiger partial charge < -0.3 is 14.8 Å². The first-order valence-electron chi connectivity index (χ1n) is 6.66. The molecule has 0 aliphatic rings. The van der Waals surface area contributed by atoms with Gasteiger partial charge in [-0.3, -0.25) is 4.79 Å². The lowest BCUT2D eigenvalue weighted by Crippen LogP contribution is -2.24. The van der Waals surface area contributed by atoms with Gasteiger partial charge in [-0.05, 0) is 43.3 Å². The van der Waals surface area contributed by atoms with Gasteiger partial charge in [-0.2, -0.15) is 0 Å². The summed E-state index contributed by atoms with van der Waals surface area (Å²) in [5.74, 6) is -0.0471. The first-order chi connectivity index (χ1) is 9.49. The van der Waals surface area contributed by atoms with Crippen LogP contribution in [0.15, 0.2) is 36.4 Å². The van der Waals surface area contributed by atoms with Gasteiger partial charge >= 0.3 is 0 Å². The molecule has 0 saturated carbocycles. The third-order valence-corrected chi connectivity index (χ3v) is 3.55. The monoisotopic (exact) mass is 271 g/mol. The van der Waals surface area contributed by atoms with E-state index >= 15 is 0 Å². The summed E-state index contributed by atoms with van der Waals surface area (Å²) in [6.45, 7) is 2.59. The Kier molecular flexibility index (Phi) is 4.13. The Morgan fingerprint density at radius 2 is 1.80 bits per heavy atom. The number of carbonyl (C=O) groups is 1. The maximum Gasteiger partial charge on any atom is 0.251 e. The van der Waals surface area contributed by atoms with Crippen LogP contribution in [0.2, 0.25) is 0 Å². The molecule has 2 rings (SSSR count). The molecular formula is C16H21N3O. The van der Waals surface area contributed by atoms with Gasteiger partial charge in [0.15, 0.2) is 0 Å². The fourth-order valence-corrected chi connectivity index (χ4v) is 2.03. The Labute approximate surface area is 120 Å². The van der Waals surface area contributed by atoms with Crippen molar-refractivity contribution in [1.82, 2.24) is 9.88 Å². The Bertz CT molecular complexity index is 597. The lowest BCUT2D eigenvalue weighted by Gasteiger charge is -2.12. The highest BCUT2D eigenvalue weighted by atomic mass is 16.1. The van der Waals surface area contributed by atoms with Gasteiger partial charge in [0.05, 0.1) is 6.54 Å². The molecule has 20 heavy (non-hydrogen) atoms. The minimum absolute atomic E-state index is 0.0471. The maximum atomic E-state index is 12.1. The van der Waals surface area contributed by atoms with Crippen molar-refractivity contribution in [3.05, 3.63) is 53.3 Å². The van der Waals surface area contributed by atoms with Gasteiger partial charge in [0.2, 0.25) is 0 Å². The number of hydrogen-bond acceptors (Lipinski definition) is 2. The number of hydrogen-bond donors (Lipinski definition) is 1. The van der Waals surface area contributed by atoms with E-state index in [1.807, 2.05) is 69.4 Å². The number of rotatable bonds is 4. The summed E-state index contributed by atoms with van der Waals surface area (Å²) in [7, 11) is 5.96. The third kappa shape index (κ3) is 3.02. The summed E-state index contributed by atoms with van der Waals surface area (Å²) in [6, 6.07) is 11.7. The molecule has 0 aliphatic carbocycles. The van der Waals surface area contributed by atoms with Crippen LogP contribution in [0.25, 0.3) is 0 Å². The molecule has 0 fully saturated rings. The lowest BCUT2D eigenvalue weighted by atomic mass is 10.2. The number of aromatic nitrogens is 1. The van der Waals surface area contributed by atoms with Crippen molar-refractivity contribution in [2.24, 2.45) is 7.05 Å². The van der Waals surface area contributed by atoms with Gasteiger partial charge in [0.25, 0.3) is 5.91 Å². The number of nitrogens with zero attached hydrogens (tertiary/aromatic N) is 2. The number of nitrogens with one attached hydrogen (secondary N) is 1. The van der Waals surface area contributed by atoms with Crippen LogP contribution in [-0.2, 0) is 13.6 Å². The average molecular weight is 271 g/mol. The van der Waals surface area contributed by atoms with Crippen LogP contribution in [0.1, 0.15) is 21.7 Å². The Morgan fingerprint density at radius 1 is 1.15 bits per heavy atom. The van der Waals surface area contributed by atoms with E-state index in [1.165, 1.54) is 5.69 Å². The van der Waals surface area contributed by atoms with Crippen LogP contribution >= 0.6 is 0 Å². The molecule has 2 aromatic rings. The molecule has 0 bridgehead atoms. The molecule has 0 radical (unpaired) electrons. The highest BCUT2D eigenvalue weighted by Gasteiger charge is 2.07. The Balaban J connectivity index is 2.00. The van der Waals surface area contributed by atoms with Crippen molar-refractivity contribution < 1.29 is 4.79 Å². The minimum Gasteiger partial charge on any atom is -0.378 e. The van der Waals surface area contributed by atoms with Gasteiger partial charge in [0, 0.05) is 43.8 Å². The highest BCUT2D eigenvalue weighted by molar-refractivity contribution is 5.94. The third-order valence-electron chi connectivity index (χ3n) is 3.55. The smallest absolute Gasteiger partial charge is 0.251 e. The highest BCUT2D eigenvalue weighted by Crippen LogP contribution is 2.12. The van der Waals surface area contributed by atoms with E-state index < -0.39 is 0 Å². The van der Waals surface area contributed by atoms with Crippen molar-refractivity contribution in [1.29, 1.82) is 0 Å². The second-order valence-corrected chi connectivity index (χ2v) is 5.15. The van der Waals surface area contributed by atoms with E-state index in [1.54, 1.807) is 0 Å². The quantitative estimate of drug-likeness (QED) is 0.926. The molecule has 0 spiro atoms. The fourth-order valence-electron chi connectivity index (χ4n) is 2.03. The normalized spacial score (nSPS) is 10.4. The summed E-state index contributed by atoms with van der Waals surface area (Å²) < 4.78 is 2.08. The average Bonchev–Trinajstić information content (AvgIpc) is 2.76. The van der Waals surface area contributed by atoms with Crippen molar-refractivity contribution in [2.45, 2.75) is 13.5 Å². The van der Waals surface area contributed by atoms with Crippen LogP contribution in [0.5, 0.6) is 0 Å². The molecule has 1 N–H and O–H groups in total. The summed E-state index contributed by atoms with van der Waals surface area (Å²) in [5.41, 5.74) is 4.05. The number of anilines is 1. The molecule has 0 saturated heterocycles. The van der Waals surface area contributed by atoms with Crippen molar-refractivity contribution in [2.75, 3.05) is 19.0 Å². The molecule has 1 heterocycles. The van der Waals surface area contributed by atoms with Crippen LogP contribution in [0, 0.1) is 6.92 Å². The molecule has 4 nitrogen and oxygen atoms in total. The minimum atomic E-state index is -0.0471. The molecule has 4 heteroatoms. The van der Waals surface area contributed by atoms with E-state index in [0.29, 0.717) is 12.1 Å². The zero-order chi connectivity index (χ0) is 14.7. The topological polar surface area (TPSA) is 37.3 Å². The molecule has 1 amide bonds. The second-order valence-electron chi connectivity index (χ2n) is 5.15. The van der Waals surface area contributed by atoms with Crippen molar-refractivity contribution >= 4 is 11.6 Å². The van der Waals surface area contributed by atoms with Crippen molar-refractivity contribution in [3.8, 4) is 0 Å². The fraction of sp³-hybridized carbons (Fsp3) is 0.312. The number of carbonyl (C=O) groups excluding carboxylic acids is 1. The van der Waals surface area contributed by atoms with E-state index in [-0.39, 0.29) is 5.91 Å². The first kappa shape index (κ1) is 14.2. The lowest BCUT2D eigenvalue weighted by molar-refractivity contribution is 0.0950. The molecule has 0 aliphatic heterocycles. The molecule has 1 aromatic heterocycles. The SMILES string of the molecule is Cc1ccc(CNC(=O)c2ccc(N(C)C)cc2)n1C. The zero-order valence-corrected chi connectivity index (χ0v) is 12.5. The van der Waals surface area contributed by atoms with E-state index in [4.69, 9.17) is 0 Å². The molecular weight excluding hydrogens is 250 g/mol. The largest absolute Gasteiger partial charge is 0.378 e. The number of benzene rings is 1. The van der Waals surface area contributed by atoms with E-state index in [0.717, 1.165) is 11.4 Å². The van der Waals surface area contributed by atoms with Crippen LogP contribution < -0.4 is 10.2 Å². The predicted molar refractivity (Wildman–Crippen MR) is 82.1 cm³/mol. The number of amides is 1. The van der Waals surface area contributed by atoms with Crippen LogP contribution in [0.3, 0.4) is 0 Å². The number of aryl methyl sites for hydroxylation is 1. The van der Waals surface area contributed by atoms with Gasteiger partial charge in [-0.15, -0.1) is 0 Å². The summed E-state index contributed by atoms with van der Waals surface area (Å²) in [6.07, 6.45) is 0. The Morgan fingerprint density at radius 3 is 2.30 bits per heavy atom. The summed E-state index contributed by atoms with van der Waals surface area (Å²) in [4.78, 5) is 14.1. The van der Waals surface area contributed by atoms with E-state index in [9.17, 15) is 4.79 Å². The predicted octanol–water partition coefficient (Wildman–Crippen LogP) is 2.33.